The number of aromatic nitrogens is 1. The second kappa shape index (κ2) is 6.82. The van der Waals surface area contributed by atoms with Crippen LogP contribution in [0.3, 0.4) is 0 Å². The molecule has 1 N–H and O–H groups in total. The summed E-state index contributed by atoms with van der Waals surface area (Å²) in [5.74, 6) is 0. The van der Waals surface area contributed by atoms with Crippen molar-refractivity contribution in [1.29, 1.82) is 0 Å². The monoisotopic (exact) mass is 310 g/mol. The Labute approximate surface area is 136 Å². The number of hydrogen-bond acceptors (Lipinski definition) is 2. The first kappa shape index (κ1) is 15.5. The fourth-order valence-corrected chi connectivity index (χ4v) is 3.50. The predicted molar refractivity (Wildman–Crippen MR) is 90.2 cm³/mol. The van der Waals surface area contributed by atoms with Crippen molar-refractivity contribution in [2.45, 2.75) is 44.2 Å². The van der Waals surface area contributed by atoms with E-state index in [0.717, 1.165) is 43.2 Å². The first-order valence-electron chi connectivity index (χ1n) is 8.20. The Morgan fingerprint density at radius 3 is 2.48 bits per heavy atom. The average molecular weight is 310 g/mol. The molecule has 2 aromatic rings. The van der Waals surface area contributed by atoms with Gasteiger partial charge in [-0.1, -0.05) is 49.6 Å². The number of hydrogen-bond donors (Lipinski definition) is 1. The van der Waals surface area contributed by atoms with Crippen molar-refractivity contribution in [3.8, 4) is 0 Å². The maximum Gasteiger partial charge on any atom is 0.250 e. The molecule has 1 amide bonds. The van der Waals surface area contributed by atoms with Crippen LogP contribution in [0, 0.1) is 0 Å². The number of nitrogens with zero attached hydrogens (tertiary/aromatic N) is 1. The third-order valence-corrected chi connectivity index (χ3v) is 4.77. The number of amides is 1. The molecule has 4 heteroatoms. The second-order valence-corrected chi connectivity index (χ2v) is 6.27. The number of benzene rings is 1. The highest BCUT2D eigenvalue weighted by Crippen LogP contribution is 2.36. The summed E-state index contributed by atoms with van der Waals surface area (Å²) in [7, 11) is 0. The Morgan fingerprint density at radius 2 is 1.78 bits per heavy atom. The third-order valence-electron chi connectivity index (χ3n) is 4.77. The lowest BCUT2D eigenvalue weighted by Gasteiger charge is -2.37. The molecule has 120 valence electrons. The van der Waals surface area contributed by atoms with Crippen LogP contribution in [-0.2, 0) is 16.9 Å². The van der Waals surface area contributed by atoms with Gasteiger partial charge in [0, 0.05) is 12.3 Å². The van der Waals surface area contributed by atoms with E-state index in [1.54, 1.807) is 10.6 Å². The molecule has 1 fully saturated rings. The average Bonchev–Trinajstić information content (AvgIpc) is 2.59. The molecule has 1 aromatic carbocycles. The fraction of sp³-hybridized carbons (Fsp3) is 0.368. The van der Waals surface area contributed by atoms with E-state index in [9.17, 15) is 9.59 Å². The molecule has 0 saturated heterocycles. The lowest BCUT2D eigenvalue weighted by atomic mass is 9.77. The zero-order chi connectivity index (χ0) is 16.1. The third kappa shape index (κ3) is 3.36. The van der Waals surface area contributed by atoms with Crippen LogP contribution in [0.4, 0.5) is 0 Å². The molecule has 0 bridgehead atoms. The van der Waals surface area contributed by atoms with Crippen molar-refractivity contribution in [1.82, 2.24) is 9.88 Å². The molecular formula is C19H22N2O2. The standard InChI is InChI=1S/C19H22N2O2/c22-15-20-19(11-5-2-6-12-19)17-9-10-18(23)21(14-17)13-16-7-3-1-4-8-16/h1,3-4,7-10,14-15H,2,5-6,11-13H2,(H,20,22). The molecule has 1 aliphatic rings. The van der Waals surface area contributed by atoms with Crippen LogP contribution in [0.5, 0.6) is 0 Å². The van der Waals surface area contributed by atoms with Crippen molar-refractivity contribution in [2.75, 3.05) is 0 Å². The van der Waals surface area contributed by atoms with Gasteiger partial charge in [0.05, 0.1) is 12.1 Å². The zero-order valence-corrected chi connectivity index (χ0v) is 13.2. The van der Waals surface area contributed by atoms with E-state index in [1.165, 1.54) is 6.42 Å². The summed E-state index contributed by atoms with van der Waals surface area (Å²) >= 11 is 0. The van der Waals surface area contributed by atoms with Gasteiger partial charge in [-0.2, -0.15) is 0 Å². The van der Waals surface area contributed by atoms with Gasteiger partial charge in [0.2, 0.25) is 6.41 Å². The Hall–Kier alpha value is -2.36. The molecule has 1 aromatic heterocycles. The van der Waals surface area contributed by atoms with Gasteiger partial charge < -0.3 is 9.88 Å². The van der Waals surface area contributed by atoms with Gasteiger partial charge >= 0.3 is 0 Å². The zero-order valence-electron chi connectivity index (χ0n) is 13.2. The molecule has 1 saturated carbocycles. The maximum absolute atomic E-state index is 12.2. The normalized spacial score (nSPS) is 16.7. The number of nitrogens with one attached hydrogen (secondary N) is 1. The van der Waals surface area contributed by atoms with Crippen molar-refractivity contribution in [3.63, 3.8) is 0 Å². The lowest BCUT2D eigenvalue weighted by molar-refractivity contribution is -0.111. The first-order valence-corrected chi connectivity index (χ1v) is 8.20. The largest absolute Gasteiger partial charge is 0.349 e. The van der Waals surface area contributed by atoms with Crippen LogP contribution < -0.4 is 10.9 Å². The van der Waals surface area contributed by atoms with Crippen molar-refractivity contribution in [2.24, 2.45) is 0 Å². The molecule has 0 unspecified atom stereocenters. The molecule has 23 heavy (non-hydrogen) atoms. The van der Waals surface area contributed by atoms with Crippen LogP contribution in [0.15, 0.2) is 53.5 Å². The van der Waals surface area contributed by atoms with Crippen LogP contribution in [0.2, 0.25) is 0 Å². The van der Waals surface area contributed by atoms with Gasteiger partial charge in [0.15, 0.2) is 0 Å². The number of rotatable bonds is 5. The minimum atomic E-state index is -0.327. The molecule has 0 atom stereocenters. The van der Waals surface area contributed by atoms with Crippen molar-refractivity contribution < 1.29 is 4.79 Å². The SMILES string of the molecule is O=CNC1(c2ccc(=O)n(Cc3ccccc3)c2)CCCCC1. The molecule has 3 rings (SSSR count). The van der Waals surface area contributed by atoms with Gasteiger partial charge in [-0.05, 0) is 30.0 Å². The van der Waals surface area contributed by atoms with E-state index in [4.69, 9.17) is 0 Å². The number of carbonyl (C=O) groups is 1. The summed E-state index contributed by atoms with van der Waals surface area (Å²) in [6, 6.07) is 13.4. The molecular weight excluding hydrogens is 288 g/mol. The van der Waals surface area contributed by atoms with Crippen LogP contribution in [-0.4, -0.2) is 11.0 Å². The van der Waals surface area contributed by atoms with E-state index in [0.29, 0.717) is 6.54 Å². The first-order chi connectivity index (χ1) is 11.2. The molecule has 0 spiro atoms. The molecule has 0 radical (unpaired) electrons. The van der Waals surface area contributed by atoms with E-state index in [-0.39, 0.29) is 11.1 Å². The molecule has 1 aliphatic carbocycles. The number of carbonyl (C=O) groups excluding carboxylic acids is 1. The van der Waals surface area contributed by atoms with Gasteiger partial charge in [0.25, 0.3) is 5.56 Å². The Balaban J connectivity index is 1.95. The quantitative estimate of drug-likeness (QED) is 0.863. The Morgan fingerprint density at radius 1 is 1.04 bits per heavy atom. The highest BCUT2D eigenvalue weighted by molar-refractivity contribution is 5.49. The van der Waals surface area contributed by atoms with Crippen molar-refractivity contribution >= 4 is 6.41 Å². The lowest BCUT2D eigenvalue weighted by Crippen LogP contribution is -2.44. The molecule has 1 heterocycles. The predicted octanol–water partition coefficient (Wildman–Crippen LogP) is 2.80. The van der Waals surface area contributed by atoms with Crippen LogP contribution in [0.25, 0.3) is 0 Å². The van der Waals surface area contributed by atoms with E-state index in [1.807, 2.05) is 42.6 Å². The number of pyridine rings is 1. The van der Waals surface area contributed by atoms with Gasteiger partial charge in [-0.3, -0.25) is 9.59 Å². The molecule has 4 nitrogen and oxygen atoms in total. The summed E-state index contributed by atoms with van der Waals surface area (Å²) < 4.78 is 1.73. The minimum Gasteiger partial charge on any atom is -0.349 e. The summed E-state index contributed by atoms with van der Waals surface area (Å²) in [5.41, 5.74) is 1.77. The van der Waals surface area contributed by atoms with Gasteiger partial charge in [0.1, 0.15) is 0 Å². The summed E-state index contributed by atoms with van der Waals surface area (Å²) in [6.45, 7) is 0.546. The second-order valence-electron chi connectivity index (χ2n) is 6.27. The van der Waals surface area contributed by atoms with E-state index < -0.39 is 0 Å². The Bertz CT molecular complexity index is 716. The fourth-order valence-electron chi connectivity index (χ4n) is 3.50. The summed E-state index contributed by atoms with van der Waals surface area (Å²) in [6.07, 6.45) is 7.95. The van der Waals surface area contributed by atoms with Crippen LogP contribution in [0.1, 0.15) is 43.2 Å². The minimum absolute atomic E-state index is 0.0188. The summed E-state index contributed by atoms with van der Waals surface area (Å²) in [5, 5.41) is 3.03. The van der Waals surface area contributed by atoms with E-state index in [2.05, 4.69) is 5.32 Å². The highest BCUT2D eigenvalue weighted by Gasteiger charge is 2.33. The Kier molecular flexibility index (Phi) is 4.60. The highest BCUT2D eigenvalue weighted by atomic mass is 16.1. The summed E-state index contributed by atoms with van der Waals surface area (Å²) in [4.78, 5) is 23.3. The molecule has 0 aliphatic heterocycles. The topological polar surface area (TPSA) is 51.1 Å². The van der Waals surface area contributed by atoms with Crippen LogP contribution >= 0.6 is 0 Å². The van der Waals surface area contributed by atoms with Crippen molar-refractivity contribution in [3.05, 3.63) is 70.1 Å². The smallest absolute Gasteiger partial charge is 0.250 e. The maximum atomic E-state index is 12.2. The van der Waals surface area contributed by atoms with Gasteiger partial charge in [-0.15, -0.1) is 0 Å². The van der Waals surface area contributed by atoms with Gasteiger partial charge in [-0.25, -0.2) is 0 Å². The van der Waals surface area contributed by atoms with E-state index >= 15 is 0 Å².